The van der Waals surface area contributed by atoms with Crippen molar-refractivity contribution >= 4 is 37.1 Å². The normalized spacial score (nSPS) is 12.4. The number of hydrogen-bond acceptors (Lipinski definition) is 4. The summed E-state index contributed by atoms with van der Waals surface area (Å²) in [6.45, 7) is 0. The van der Waals surface area contributed by atoms with Crippen molar-refractivity contribution in [2.45, 2.75) is 4.90 Å². The van der Waals surface area contributed by atoms with Crippen LogP contribution in [0.5, 0.6) is 0 Å². The third-order valence-corrected chi connectivity index (χ3v) is 4.77. The minimum atomic E-state index is -3.79. The van der Waals surface area contributed by atoms with Gasteiger partial charge in [-0.2, -0.15) is 0 Å². The maximum Gasteiger partial charge on any atom is 0.233 e. The number of nitrogens with one attached hydrogen (secondary N) is 1. The molecule has 0 aliphatic heterocycles. The lowest BCUT2D eigenvalue weighted by Crippen LogP contribution is -2.18. The first kappa shape index (κ1) is 15.2. The fourth-order valence-electron chi connectivity index (χ4n) is 1.13. The molecule has 0 aromatic heterocycles. The maximum atomic E-state index is 13.4. The van der Waals surface area contributed by atoms with Gasteiger partial charge in [-0.25, -0.2) is 21.2 Å². The van der Waals surface area contributed by atoms with Gasteiger partial charge in [-0.05, 0) is 18.2 Å². The van der Waals surface area contributed by atoms with Crippen LogP contribution in [0.15, 0.2) is 23.1 Å². The highest BCUT2D eigenvalue weighted by atomic mass is 35.5. The van der Waals surface area contributed by atoms with Crippen molar-refractivity contribution in [2.24, 2.45) is 0 Å². The van der Waals surface area contributed by atoms with Crippen molar-refractivity contribution in [3.8, 4) is 0 Å². The molecule has 1 rings (SSSR count). The first-order chi connectivity index (χ1) is 8.15. The quantitative estimate of drug-likeness (QED) is 0.654. The van der Waals surface area contributed by atoms with Gasteiger partial charge in [0, 0.05) is 12.1 Å². The smallest absolute Gasteiger partial charge is 0.233 e. The Labute approximate surface area is 110 Å². The van der Waals surface area contributed by atoms with Crippen LogP contribution in [0.3, 0.4) is 0 Å². The van der Waals surface area contributed by atoms with Crippen LogP contribution in [0.2, 0.25) is 0 Å². The van der Waals surface area contributed by atoms with E-state index in [1.54, 1.807) is 0 Å². The molecule has 9 heteroatoms. The molecule has 0 saturated carbocycles. The number of sulfone groups is 1. The van der Waals surface area contributed by atoms with E-state index in [0.717, 1.165) is 24.5 Å². The van der Waals surface area contributed by atoms with Gasteiger partial charge in [-0.15, -0.1) is 11.6 Å². The highest BCUT2D eigenvalue weighted by molar-refractivity contribution is 7.92. The molecule has 0 saturated heterocycles. The lowest BCUT2D eigenvalue weighted by molar-refractivity contribution is 0.596. The number of rotatable bonds is 5. The molecule has 1 aromatic carbocycles. The van der Waals surface area contributed by atoms with Gasteiger partial charge < -0.3 is 0 Å². The van der Waals surface area contributed by atoms with Gasteiger partial charge in [0.25, 0.3) is 0 Å². The molecule has 0 amide bonds. The molecule has 0 aliphatic rings. The standard InChI is InChI=1S/C9H11ClFNO4S2/c1-17(13,14)7-2-3-8(11)9(6-7)12-18(15,16)5-4-10/h2-3,6,12H,4-5H2,1H3. The third-order valence-electron chi connectivity index (χ3n) is 1.98. The second-order valence-electron chi connectivity index (χ2n) is 3.52. The van der Waals surface area contributed by atoms with Crippen molar-refractivity contribution in [3.05, 3.63) is 24.0 Å². The van der Waals surface area contributed by atoms with E-state index >= 15 is 0 Å². The number of benzene rings is 1. The highest BCUT2D eigenvalue weighted by Crippen LogP contribution is 2.20. The topological polar surface area (TPSA) is 80.3 Å². The van der Waals surface area contributed by atoms with Crippen molar-refractivity contribution in [1.82, 2.24) is 0 Å². The molecule has 1 aromatic rings. The van der Waals surface area contributed by atoms with Crippen LogP contribution in [-0.4, -0.2) is 34.7 Å². The van der Waals surface area contributed by atoms with Crippen molar-refractivity contribution in [2.75, 3.05) is 22.6 Å². The molecule has 0 radical (unpaired) electrons. The van der Waals surface area contributed by atoms with Crippen molar-refractivity contribution in [3.63, 3.8) is 0 Å². The molecule has 5 nitrogen and oxygen atoms in total. The van der Waals surface area contributed by atoms with Crippen LogP contribution < -0.4 is 4.72 Å². The van der Waals surface area contributed by atoms with Crippen LogP contribution in [0, 0.1) is 5.82 Å². The van der Waals surface area contributed by atoms with Gasteiger partial charge in [0.2, 0.25) is 10.0 Å². The zero-order chi connectivity index (χ0) is 14.0. The van der Waals surface area contributed by atoms with Crippen molar-refractivity contribution < 1.29 is 21.2 Å². The summed E-state index contributed by atoms with van der Waals surface area (Å²) < 4.78 is 60.7. The van der Waals surface area contributed by atoms with Gasteiger partial charge in [-0.3, -0.25) is 4.72 Å². The largest absolute Gasteiger partial charge is 0.280 e. The minimum absolute atomic E-state index is 0.150. The number of anilines is 1. The van der Waals surface area contributed by atoms with E-state index in [2.05, 4.69) is 0 Å². The first-order valence-electron chi connectivity index (χ1n) is 4.72. The summed E-state index contributed by atoms with van der Waals surface area (Å²) in [4.78, 5) is -0.174. The molecule has 0 aliphatic carbocycles. The Bertz CT molecular complexity index is 643. The summed E-state index contributed by atoms with van der Waals surface area (Å²) in [6.07, 6.45) is 0.942. The van der Waals surface area contributed by atoms with Crippen LogP contribution >= 0.6 is 11.6 Å². The van der Waals surface area contributed by atoms with Gasteiger partial charge in [0.05, 0.1) is 16.3 Å². The monoisotopic (exact) mass is 315 g/mol. The Balaban J connectivity index is 3.18. The Hall–Kier alpha value is -0.860. The second-order valence-corrected chi connectivity index (χ2v) is 7.76. The zero-order valence-corrected chi connectivity index (χ0v) is 11.7. The number of halogens is 2. The average Bonchev–Trinajstić information content (AvgIpc) is 2.19. The first-order valence-corrected chi connectivity index (χ1v) is 8.79. The SMILES string of the molecule is CS(=O)(=O)c1ccc(F)c(NS(=O)(=O)CCCl)c1. The van der Waals surface area contributed by atoms with E-state index < -0.39 is 37.1 Å². The van der Waals surface area contributed by atoms with E-state index in [4.69, 9.17) is 11.6 Å². The highest BCUT2D eigenvalue weighted by Gasteiger charge is 2.15. The molecule has 0 unspecified atom stereocenters. The predicted molar refractivity (Wildman–Crippen MR) is 67.6 cm³/mol. The lowest BCUT2D eigenvalue weighted by Gasteiger charge is -2.09. The molecule has 1 N–H and O–H groups in total. The van der Waals surface area contributed by atoms with Crippen molar-refractivity contribution in [1.29, 1.82) is 0 Å². The third kappa shape index (κ3) is 4.11. The van der Waals surface area contributed by atoms with Crippen LogP contribution in [0.4, 0.5) is 10.1 Å². The Kier molecular flexibility index (Phi) is 4.57. The van der Waals surface area contributed by atoms with E-state index in [1.807, 2.05) is 4.72 Å². The predicted octanol–water partition coefficient (Wildman–Crippen LogP) is 1.21. The van der Waals surface area contributed by atoms with E-state index in [-0.39, 0.29) is 10.8 Å². The summed E-state index contributed by atoms with van der Waals surface area (Å²) in [6, 6.07) is 2.87. The molecule has 18 heavy (non-hydrogen) atoms. The van der Waals surface area contributed by atoms with Crippen LogP contribution in [0.1, 0.15) is 0 Å². The zero-order valence-electron chi connectivity index (χ0n) is 9.35. The average molecular weight is 316 g/mol. The fraction of sp³-hybridized carbons (Fsp3) is 0.333. The minimum Gasteiger partial charge on any atom is -0.280 e. The molecule has 0 fully saturated rings. The molecular weight excluding hydrogens is 305 g/mol. The van der Waals surface area contributed by atoms with Crippen LogP contribution in [-0.2, 0) is 19.9 Å². The molecule has 0 spiro atoms. The van der Waals surface area contributed by atoms with Crippen LogP contribution in [0.25, 0.3) is 0 Å². The molecule has 0 heterocycles. The van der Waals surface area contributed by atoms with Gasteiger partial charge in [0.1, 0.15) is 5.82 Å². The lowest BCUT2D eigenvalue weighted by atomic mass is 10.3. The van der Waals surface area contributed by atoms with E-state index in [0.29, 0.717) is 0 Å². The maximum absolute atomic E-state index is 13.4. The second kappa shape index (κ2) is 5.41. The summed E-state index contributed by atoms with van der Waals surface area (Å²) in [5, 5.41) is 0. The number of alkyl halides is 1. The molecule has 0 atom stereocenters. The summed E-state index contributed by atoms with van der Waals surface area (Å²) in [5.74, 6) is -1.40. The number of hydrogen-bond donors (Lipinski definition) is 1. The Morgan fingerprint density at radius 2 is 1.89 bits per heavy atom. The fourth-order valence-corrected chi connectivity index (χ4v) is 3.19. The van der Waals surface area contributed by atoms with Gasteiger partial charge in [0.15, 0.2) is 9.84 Å². The summed E-state index contributed by atoms with van der Waals surface area (Å²) >= 11 is 5.29. The summed E-state index contributed by atoms with van der Waals surface area (Å²) in [7, 11) is -7.32. The van der Waals surface area contributed by atoms with Gasteiger partial charge >= 0.3 is 0 Å². The Morgan fingerprint density at radius 1 is 1.28 bits per heavy atom. The Morgan fingerprint density at radius 3 is 2.39 bits per heavy atom. The number of sulfonamides is 1. The molecule has 102 valence electrons. The van der Waals surface area contributed by atoms with E-state index in [9.17, 15) is 21.2 Å². The molecule has 0 bridgehead atoms. The van der Waals surface area contributed by atoms with Gasteiger partial charge in [-0.1, -0.05) is 0 Å². The summed E-state index contributed by atoms with van der Waals surface area (Å²) in [5.41, 5.74) is -0.414. The van der Waals surface area contributed by atoms with E-state index in [1.165, 1.54) is 0 Å². The molecular formula is C9H11ClFNO4S2.